The van der Waals surface area contributed by atoms with Crippen molar-refractivity contribution < 1.29 is 4.74 Å². The molecule has 0 bridgehead atoms. The third kappa shape index (κ3) is 4.32. The van der Waals surface area contributed by atoms with Crippen molar-refractivity contribution in [2.24, 2.45) is 0 Å². The van der Waals surface area contributed by atoms with E-state index in [0.29, 0.717) is 6.04 Å². The van der Waals surface area contributed by atoms with E-state index in [1.54, 1.807) is 18.2 Å². The Bertz CT molecular complexity index is 389. The van der Waals surface area contributed by atoms with Gasteiger partial charge >= 0.3 is 0 Å². The zero-order valence-electron chi connectivity index (χ0n) is 12.4. The van der Waals surface area contributed by atoms with Crippen molar-refractivity contribution >= 4 is 0 Å². The van der Waals surface area contributed by atoms with Gasteiger partial charge in [0.1, 0.15) is 0 Å². The lowest BCUT2D eigenvalue weighted by atomic mass is 9.98. The van der Waals surface area contributed by atoms with Gasteiger partial charge in [-0.25, -0.2) is 0 Å². The Kier molecular flexibility index (Phi) is 5.87. The number of methoxy groups -OCH3 is 1. The third-order valence-electron chi connectivity index (χ3n) is 4.04. The lowest BCUT2D eigenvalue weighted by Gasteiger charge is -2.18. The summed E-state index contributed by atoms with van der Waals surface area (Å²) in [7, 11) is 1.78. The van der Waals surface area contributed by atoms with Crippen molar-refractivity contribution in [2.45, 2.75) is 51.5 Å². The number of benzene rings is 1. The number of rotatable bonds is 8. The van der Waals surface area contributed by atoms with Gasteiger partial charge in [-0.15, -0.1) is 0 Å². The van der Waals surface area contributed by atoms with Crippen LogP contribution in [-0.2, 0) is 24.0 Å². The van der Waals surface area contributed by atoms with Gasteiger partial charge in [0.05, 0.1) is 0 Å². The van der Waals surface area contributed by atoms with E-state index >= 15 is 0 Å². The predicted octanol–water partition coefficient (Wildman–Crippen LogP) is 3.12. The maximum atomic E-state index is 5.15. The molecular weight excluding hydrogens is 234 g/mol. The van der Waals surface area contributed by atoms with Crippen LogP contribution in [0, 0.1) is 0 Å². The smallest absolute Gasteiger partial charge is 0.0462 e. The molecule has 2 heteroatoms. The number of likely N-dealkylation sites (N-methyl/N-ethyl adjacent to an activating group) is 1. The SMILES string of the molecule is CCNC(CCCOC)Cc1ccc2c(c1)CCC2. The van der Waals surface area contributed by atoms with Gasteiger partial charge in [0, 0.05) is 19.8 Å². The lowest BCUT2D eigenvalue weighted by Crippen LogP contribution is -2.31. The Morgan fingerprint density at radius 2 is 2.11 bits per heavy atom. The molecule has 0 saturated carbocycles. The number of fused-ring (bicyclic) bond motifs is 1. The first-order valence-corrected chi connectivity index (χ1v) is 7.66. The van der Waals surface area contributed by atoms with E-state index in [9.17, 15) is 0 Å². The minimum Gasteiger partial charge on any atom is -0.385 e. The summed E-state index contributed by atoms with van der Waals surface area (Å²) in [6, 6.07) is 7.68. The van der Waals surface area contributed by atoms with Crippen molar-refractivity contribution in [1.29, 1.82) is 0 Å². The van der Waals surface area contributed by atoms with Crippen molar-refractivity contribution in [3.8, 4) is 0 Å². The summed E-state index contributed by atoms with van der Waals surface area (Å²) in [6.45, 7) is 4.10. The van der Waals surface area contributed by atoms with Crippen LogP contribution in [0.5, 0.6) is 0 Å². The van der Waals surface area contributed by atoms with Gasteiger partial charge in [-0.1, -0.05) is 25.1 Å². The van der Waals surface area contributed by atoms with Gasteiger partial charge in [-0.2, -0.15) is 0 Å². The quantitative estimate of drug-likeness (QED) is 0.726. The highest BCUT2D eigenvalue weighted by Gasteiger charge is 2.13. The molecule has 2 nitrogen and oxygen atoms in total. The average Bonchev–Trinajstić information content (AvgIpc) is 2.86. The van der Waals surface area contributed by atoms with Crippen LogP contribution in [0.3, 0.4) is 0 Å². The van der Waals surface area contributed by atoms with E-state index < -0.39 is 0 Å². The van der Waals surface area contributed by atoms with E-state index in [-0.39, 0.29) is 0 Å². The van der Waals surface area contributed by atoms with Crippen molar-refractivity contribution in [1.82, 2.24) is 5.32 Å². The number of aryl methyl sites for hydroxylation is 2. The monoisotopic (exact) mass is 261 g/mol. The second-order valence-electron chi connectivity index (χ2n) is 5.55. The molecule has 0 aromatic heterocycles. The molecule has 1 unspecified atom stereocenters. The third-order valence-corrected chi connectivity index (χ3v) is 4.04. The summed E-state index contributed by atoms with van der Waals surface area (Å²) in [5.41, 5.74) is 4.65. The van der Waals surface area contributed by atoms with Gasteiger partial charge < -0.3 is 10.1 Å². The fourth-order valence-electron chi connectivity index (χ4n) is 3.08. The topological polar surface area (TPSA) is 21.3 Å². The number of hydrogen-bond donors (Lipinski definition) is 1. The lowest BCUT2D eigenvalue weighted by molar-refractivity contribution is 0.188. The number of nitrogens with one attached hydrogen (secondary N) is 1. The summed E-state index contributed by atoms with van der Waals surface area (Å²) in [4.78, 5) is 0. The van der Waals surface area contributed by atoms with Gasteiger partial charge in [-0.3, -0.25) is 0 Å². The Balaban J connectivity index is 1.92. The molecule has 1 aliphatic rings. The Hall–Kier alpha value is -0.860. The Morgan fingerprint density at radius 1 is 1.26 bits per heavy atom. The Morgan fingerprint density at radius 3 is 2.89 bits per heavy atom. The first kappa shape index (κ1) is 14.5. The molecule has 1 aromatic rings. The van der Waals surface area contributed by atoms with Crippen LogP contribution in [0.4, 0.5) is 0 Å². The number of ether oxygens (including phenoxy) is 1. The molecule has 0 saturated heterocycles. The summed E-state index contributed by atoms with van der Waals surface area (Å²) in [6.07, 6.45) is 7.37. The summed E-state index contributed by atoms with van der Waals surface area (Å²) >= 11 is 0. The minimum atomic E-state index is 0.583. The summed E-state index contributed by atoms with van der Waals surface area (Å²) < 4.78 is 5.15. The molecule has 106 valence electrons. The van der Waals surface area contributed by atoms with Gasteiger partial charge in [0.25, 0.3) is 0 Å². The Labute approximate surface area is 117 Å². The number of hydrogen-bond acceptors (Lipinski definition) is 2. The second-order valence-corrected chi connectivity index (χ2v) is 5.55. The summed E-state index contributed by atoms with van der Waals surface area (Å²) in [5, 5.41) is 3.60. The highest BCUT2D eigenvalue weighted by atomic mass is 16.5. The fourth-order valence-corrected chi connectivity index (χ4v) is 3.08. The molecule has 0 spiro atoms. The largest absolute Gasteiger partial charge is 0.385 e. The zero-order chi connectivity index (χ0) is 13.5. The van der Waals surface area contributed by atoms with E-state index in [2.05, 4.69) is 30.4 Å². The fraction of sp³-hybridized carbons (Fsp3) is 0.647. The molecule has 0 radical (unpaired) electrons. The highest BCUT2D eigenvalue weighted by molar-refractivity contribution is 5.35. The van der Waals surface area contributed by atoms with Crippen LogP contribution in [0.25, 0.3) is 0 Å². The molecule has 19 heavy (non-hydrogen) atoms. The predicted molar refractivity (Wildman–Crippen MR) is 80.7 cm³/mol. The van der Waals surface area contributed by atoms with Crippen LogP contribution in [-0.4, -0.2) is 26.3 Å². The summed E-state index contributed by atoms with van der Waals surface area (Å²) in [5.74, 6) is 0. The zero-order valence-corrected chi connectivity index (χ0v) is 12.4. The van der Waals surface area contributed by atoms with E-state index in [0.717, 1.165) is 26.0 Å². The molecule has 1 aromatic carbocycles. The minimum absolute atomic E-state index is 0.583. The van der Waals surface area contributed by atoms with Crippen LogP contribution in [0.15, 0.2) is 18.2 Å². The maximum absolute atomic E-state index is 5.15. The van der Waals surface area contributed by atoms with Crippen LogP contribution < -0.4 is 5.32 Å². The van der Waals surface area contributed by atoms with Crippen molar-refractivity contribution in [3.63, 3.8) is 0 Å². The molecule has 0 fully saturated rings. The van der Waals surface area contributed by atoms with Gasteiger partial charge in [0.2, 0.25) is 0 Å². The van der Waals surface area contributed by atoms with E-state index in [1.807, 2.05) is 0 Å². The van der Waals surface area contributed by atoms with E-state index in [1.165, 1.54) is 31.2 Å². The average molecular weight is 261 g/mol. The second kappa shape index (κ2) is 7.66. The first-order valence-electron chi connectivity index (χ1n) is 7.66. The van der Waals surface area contributed by atoms with Crippen molar-refractivity contribution in [2.75, 3.05) is 20.3 Å². The van der Waals surface area contributed by atoms with Crippen LogP contribution in [0.2, 0.25) is 0 Å². The van der Waals surface area contributed by atoms with Gasteiger partial charge in [0.15, 0.2) is 0 Å². The molecule has 2 rings (SSSR count). The van der Waals surface area contributed by atoms with Gasteiger partial charge in [-0.05, 0) is 61.8 Å². The van der Waals surface area contributed by atoms with Crippen LogP contribution >= 0.6 is 0 Å². The van der Waals surface area contributed by atoms with Crippen molar-refractivity contribution in [3.05, 3.63) is 34.9 Å². The molecule has 0 aliphatic heterocycles. The molecular formula is C17H27NO. The first-order chi connectivity index (χ1) is 9.33. The molecule has 1 atom stereocenters. The molecule has 1 aliphatic carbocycles. The molecule has 0 heterocycles. The standard InChI is InChI=1S/C17H27NO/c1-3-18-17(8-5-11-19-2)13-14-9-10-15-6-4-7-16(15)12-14/h9-10,12,17-18H,3-8,11,13H2,1-2H3. The highest BCUT2D eigenvalue weighted by Crippen LogP contribution is 2.23. The molecule has 0 amide bonds. The van der Waals surface area contributed by atoms with E-state index in [4.69, 9.17) is 4.74 Å². The molecule has 1 N–H and O–H groups in total. The maximum Gasteiger partial charge on any atom is 0.0462 e. The van der Waals surface area contributed by atoms with Crippen LogP contribution in [0.1, 0.15) is 42.9 Å². The normalized spacial score (nSPS) is 15.5.